The minimum Gasteiger partial charge on any atom is -0.462 e. The number of esters is 4. The zero-order valence-electron chi connectivity index (χ0n) is 60.6. The van der Waals surface area contributed by atoms with Crippen LogP contribution in [-0.4, -0.2) is 96.7 Å². The zero-order chi connectivity index (χ0) is 68.6. The fourth-order valence-corrected chi connectivity index (χ4v) is 12.8. The van der Waals surface area contributed by atoms with Crippen LogP contribution in [0.2, 0.25) is 0 Å². The van der Waals surface area contributed by atoms with Crippen LogP contribution in [0, 0.1) is 11.8 Å². The highest BCUT2D eigenvalue weighted by atomic mass is 31.2. The molecule has 0 aliphatic rings. The van der Waals surface area contributed by atoms with Crippen molar-refractivity contribution in [3.63, 3.8) is 0 Å². The van der Waals surface area contributed by atoms with Gasteiger partial charge in [0, 0.05) is 25.7 Å². The molecule has 17 nitrogen and oxygen atoms in total. The van der Waals surface area contributed by atoms with Crippen molar-refractivity contribution < 1.29 is 80.2 Å². The molecule has 0 aliphatic heterocycles. The van der Waals surface area contributed by atoms with E-state index in [2.05, 4.69) is 41.5 Å². The molecule has 0 heterocycles. The maximum Gasteiger partial charge on any atom is 0.472 e. The fraction of sp³-hybridized carbons (Fsp3) is 0.946. The van der Waals surface area contributed by atoms with Crippen LogP contribution in [0.1, 0.15) is 382 Å². The summed E-state index contributed by atoms with van der Waals surface area (Å²) in [6.45, 7) is 9.59. The van der Waals surface area contributed by atoms with Crippen molar-refractivity contribution in [1.82, 2.24) is 0 Å². The maximum absolute atomic E-state index is 13.0. The van der Waals surface area contributed by atoms with Crippen LogP contribution in [-0.2, 0) is 65.4 Å². The third-order valence-electron chi connectivity index (χ3n) is 17.6. The quantitative estimate of drug-likeness (QED) is 0.0222. The van der Waals surface area contributed by atoms with Crippen LogP contribution in [0.5, 0.6) is 0 Å². The average molecular weight is 1370 g/mol. The standard InChI is InChI=1S/C74H144O17P2/c1-7-10-12-14-16-18-27-32-40-46-52-58-73(78)90-69(62-84-71(76)56-50-44-38-30-17-15-13-11-8-2)64-88-92(80,81)86-60-68(75)61-87-93(82,83)89-65-70(63-85-72(77)57-51-45-39-35-34-36-42-48-54-66(4)5)91-74(79)59-53-47-41-33-29-26-24-22-20-19-21-23-25-28-31-37-43-49-55-67(6)9-3/h66-70,75H,7-65H2,1-6H3,(H,80,81)(H,82,83)/t67?,68-,69+,70+/m0/s1. The molecule has 0 saturated heterocycles. The Bertz CT molecular complexity index is 1810. The van der Waals surface area contributed by atoms with Gasteiger partial charge in [-0.05, 0) is 37.5 Å². The molecule has 0 aromatic heterocycles. The molecule has 552 valence electrons. The van der Waals surface area contributed by atoms with E-state index in [1.807, 2.05) is 0 Å². The molecule has 3 N–H and O–H groups in total. The third kappa shape index (κ3) is 67.0. The van der Waals surface area contributed by atoms with E-state index in [9.17, 15) is 43.2 Å². The highest BCUT2D eigenvalue weighted by Gasteiger charge is 2.30. The molecule has 0 bridgehead atoms. The molecule has 0 amide bonds. The summed E-state index contributed by atoms with van der Waals surface area (Å²) in [4.78, 5) is 72.6. The number of carbonyl (C=O) groups excluding carboxylic acids is 4. The Morgan fingerprint density at radius 1 is 0.312 bits per heavy atom. The van der Waals surface area contributed by atoms with Crippen molar-refractivity contribution in [2.45, 2.75) is 400 Å². The van der Waals surface area contributed by atoms with Gasteiger partial charge in [0.1, 0.15) is 19.3 Å². The summed E-state index contributed by atoms with van der Waals surface area (Å²) >= 11 is 0. The van der Waals surface area contributed by atoms with Crippen LogP contribution in [0.4, 0.5) is 0 Å². The predicted molar refractivity (Wildman–Crippen MR) is 377 cm³/mol. The minimum absolute atomic E-state index is 0.107. The maximum atomic E-state index is 13.0. The molecule has 93 heavy (non-hydrogen) atoms. The molecular formula is C74H144O17P2. The number of hydrogen-bond acceptors (Lipinski definition) is 15. The predicted octanol–water partition coefficient (Wildman–Crippen LogP) is 21.6. The molecule has 0 rings (SSSR count). The number of aliphatic hydroxyl groups excluding tert-OH is 1. The summed E-state index contributed by atoms with van der Waals surface area (Å²) in [5.74, 6) is -0.524. The lowest BCUT2D eigenvalue weighted by Crippen LogP contribution is -2.30. The van der Waals surface area contributed by atoms with Gasteiger partial charge in [0.2, 0.25) is 0 Å². The van der Waals surface area contributed by atoms with Crippen molar-refractivity contribution in [2.24, 2.45) is 11.8 Å². The second-order valence-corrected chi connectivity index (χ2v) is 30.3. The second kappa shape index (κ2) is 66.0. The molecule has 3 unspecified atom stereocenters. The summed E-state index contributed by atoms with van der Waals surface area (Å²) in [6, 6.07) is 0. The van der Waals surface area contributed by atoms with Gasteiger partial charge in [0.05, 0.1) is 26.4 Å². The number of rotatable bonds is 73. The van der Waals surface area contributed by atoms with Crippen LogP contribution in [0.3, 0.4) is 0 Å². The summed E-state index contributed by atoms with van der Waals surface area (Å²) in [7, 11) is -9.90. The van der Waals surface area contributed by atoms with Gasteiger partial charge >= 0.3 is 39.5 Å². The first-order valence-corrected chi connectivity index (χ1v) is 41.5. The van der Waals surface area contributed by atoms with Gasteiger partial charge in [-0.25, -0.2) is 9.13 Å². The number of aliphatic hydroxyl groups is 1. The summed E-state index contributed by atoms with van der Waals surface area (Å²) in [5.41, 5.74) is 0. The number of carbonyl (C=O) groups is 4. The molecule has 0 aromatic carbocycles. The van der Waals surface area contributed by atoms with Crippen molar-refractivity contribution in [2.75, 3.05) is 39.6 Å². The molecule has 0 saturated carbocycles. The van der Waals surface area contributed by atoms with E-state index in [1.165, 1.54) is 199 Å². The average Bonchev–Trinajstić information content (AvgIpc) is 1.72. The van der Waals surface area contributed by atoms with Crippen molar-refractivity contribution >= 4 is 39.5 Å². The van der Waals surface area contributed by atoms with Crippen molar-refractivity contribution in [3.05, 3.63) is 0 Å². The Hall–Kier alpha value is -1.94. The number of ether oxygens (including phenoxy) is 4. The number of unbranched alkanes of at least 4 members (excludes halogenated alkanes) is 42. The van der Waals surface area contributed by atoms with Crippen LogP contribution >= 0.6 is 15.6 Å². The van der Waals surface area contributed by atoms with Gasteiger partial charge < -0.3 is 33.8 Å². The first-order chi connectivity index (χ1) is 44.9. The molecule has 0 spiro atoms. The number of hydrogen-bond donors (Lipinski definition) is 3. The van der Waals surface area contributed by atoms with E-state index in [4.69, 9.17) is 37.0 Å². The van der Waals surface area contributed by atoms with Gasteiger partial charge in [0.25, 0.3) is 0 Å². The van der Waals surface area contributed by atoms with E-state index < -0.39 is 97.5 Å². The van der Waals surface area contributed by atoms with E-state index in [0.29, 0.717) is 25.7 Å². The van der Waals surface area contributed by atoms with Crippen molar-refractivity contribution in [1.29, 1.82) is 0 Å². The first kappa shape index (κ1) is 91.1. The molecule has 0 radical (unpaired) electrons. The van der Waals surface area contributed by atoms with Crippen LogP contribution < -0.4 is 0 Å². The zero-order valence-corrected chi connectivity index (χ0v) is 62.3. The lowest BCUT2D eigenvalue weighted by Gasteiger charge is -2.21. The van der Waals surface area contributed by atoms with Gasteiger partial charge in [-0.15, -0.1) is 0 Å². The van der Waals surface area contributed by atoms with E-state index in [1.54, 1.807) is 0 Å². The highest BCUT2D eigenvalue weighted by molar-refractivity contribution is 7.47. The largest absolute Gasteiger partial charge is 0.472 e. The Morgan fingerprint density at radius 3 is 0.817 bits per heavy atom. The smallest absolute Gasteiger partial charge is 0.462 e. The van der Waals surface area contributed by atoms with E-state index in [0.717, 1.165) is 102 Å². The Morgan fingerprint density at radius 2 is 0.548 bits per heavy atom. The third-order valence-corrected chi connectivity index (χ3v) is 19.5. The number of phosphoric ester groups is 2. The van der Waals surface area contributed by atoms with Crippen molar-refractivity contribution in [3.8, 4) is 0 Å². The monoisotopic (exact) mass is 1370 g/mol. The summed E-state index contributed by atoms with van der Waals surface area (Å²) in [6.07, 6.45) is 52.8. The van der Waals surface area contributed by atoms with E-state index in [-0.39, 0.29) is 25.7 Å². The summed E-state index contributed by atoms with van der Waals surface area (Å²) < 4.78 is 68.3. The SMILES string of the molecule is CCCCCCCCCCCCCC(=O)O[C@H](COC(=O)CCCCCCCCCCC)COP(=O)(O)OC[C@H](O)COP(=O)(O)OC[C@@H](COC(=O)CCCCCCCCCCC(C)C)OC(=O)CCCCCCCCCCCCCCCCCCCCC(C)CC. The Labute approximate surface area is 568 Å². The van der Waals surface area contributed by atoms with Gasteiger partial charge in [-0.2, -0.15) is 0 Å². The Balaban J connectivity index is 5.15. The molecule has 19 heteroatoms. The molecule has 0 aromatic rings. The van der Waals surface area contributed by atoms with Crippen LogP contribution in [0.15, 0.2) is 0 Å². The lowest BCUT2D eigenvalue weighted by atomic mass is 9.99. The highest BCUT2D eigenvalue weighted by Crippen LogP contribution is 2.45. The van der Waals surface area contributed by atoms with Crippen LogP contribution in [0.25, 0.3) is 0 Å². The topological polar surface area (TPSA) is 237 Å². The molecule has 6 atom stereocenters. The summed E-state index contributed by atoms with van der Waals surface area (Å²) in [5, 5.41) is 10.6. The number of phosphoric acid groups is 2. The second-order valence-electron chi connectivity index (χ2n) is 27.4. The van der Waals surface area contributed by atoms with Gasteiger partial charge in [-0.3, -0.25) is 37.3 Å². The first-order valence-electron chi connectivity index (χ1n) is 38.5. The lowest BCUT2D eigenvalue weighted by molar-refractivity contribution is -0.161. The molecule has 0 aliphatic carbocycles. The molecule has 0 fully saturated rings. The normalized spacial score (nSPS) is 14.3. The Kier molecular flexibility index (Phi) is 64.6. The van der Waals surface area contributed by atoms with Gasteiger partial charge in [0.15, 0.2) is 12.2 Å². The molecular weight excluding hydrogens is 1220 g/mol. The minimum atomic E-state index is -4.95. The fourth-order valence-electron chi connectivity index (χ4n) is 11.3. The van der Waals surface area contributed by atoms with E-state index >= 15 is 0 Å². The van der Waals surface area contributed by atoms with Gasteiger partial charge in [-0.1, -0.05) is 330 Å².